The van der Waals surface area contributed by atoms with Crippen LogP contribution in [0.25, 0.3) is 0 Å². The predicted molar refractivity (Wildman–Crippen MR) is 178 cm³/mol. The minimum absolute atomic E-state index is 0.0432. The van der Waals surface area contributed by atoms with Crippen LogP contribution in [-0.4, -0.2) is 68.0 Å². The molecule has 2 heterocycles. The Morgan fingerprint density at radius 2 is 1.21 bits per heavy atom. The van der Waals surface area contributed by atoms with Gasteiger partial charge in [-0.25, -0.2) is 20.9 Å². The number of ether oxygens (including phenoxy) is 1. The SMILES string of the molecule is CNOC/C(=N\OC)c1ccccc1CO.CNOC/C(=N\OC)c1ccccc1COc1cccc(C)n1.Cc1cccc(F)n1. The van der Waals surface area contributed by atoms with Crippen molar-refractivity contribution in [2.45, 2.75) is 27.1 Å². The maximum atomic E-state index is 12.1. The Morgan fingerprint density at radius 1 is 0.702 bits per heavy atom. The Balaban J connectivity index is 0.000000275. The lowest BCUT2D eigenvalue weighted by molar-refractivity contribution is 0.0866. The van der Waals surface area contributed by atoms with Gasteiger partial charge in [0.1, 0.15) is 45.5 Å². The Hall–Kier alpha value is -4.79. The highest BCUT2D eigenvalue weighted by molar-refractivity contribution is 6.03. The summed E-state index contributed by atoms with van der Waals surface area (Å²) >= 11 is 0. The number of aliphatic hydroxyl groups is 1. The number of halogens is 1. The summed E-state index contributed by atoms with van der Waals surface area (Å²) in [6, 6.07) is 25.7. The molecule has 3 N–H and O–H groups in total. The second-order valence-electron chi connectivity index (χ2n) is 9.41. The molecule has 2 aromatic heterocycles. The monoisotopic (exact) mass is 650 g/mol. The smallest absolute Gasteiger partial charge is 0.213 e. The molecule has 252 valence electrons. The van der Waals surface area contributed by atoms with Gasteiger partial charge in [0.05, 0.1) is 6.61 Å². The zero-order chi connectivity index (χ0) is 34.3. The van der Waals surface area contributed by atoms with Crippen molar-refractivity contribution in [3.05, 3.63) is 125 Å². The molecule has 0 aliphatic rings. The molecule has 13 heteroatoms. The van der Waals surface area contributed by atoms with E-state index < -0.39 is 5.95 Å². The van der Waals surface area contributed by atoms with Gasteiger partial charge in [-0.2, -0.15) is 4.39 Å². The number of aryl methyl sites for hydroxylation is 2. The van der Waals surface area contributed by atoms with E-state index in [-0.39, 0.29) is 19.8 Å². The van der Waals surface area contributed by atoms with E-state index in [1.54, 1.807) is 33.2 Å². The quantitative estimate of drug-likeness (QED) is 0.100. The molecule has 0 saturated carbocycles. The van der Waals surface area contributed by atoms with Gasteiger partial charge in [-0.05, 0) is 43.2 Å². The van der Waals surface area contributed by atoms with Crippen LogP contribution in [0, 0.1) is 19.8 Å². The number of nitrogens with zero attached hydrogens (tertiary/aromatic N) is 4. The van der Waals surface area contributed by atoms with Crippen LogP contribution in [0.1, 0.15) is 33.6 Å². The number of oxime groups is 2. The lowest BCUT2D eigenvalue weighted by atomic mass is 10.0. The minimum atomic E-state index is -0.412. The molecule has 0 fully saturated rings. The molecule has 0 aliphatic carbocycles. The summed E-state index contributed by atoms with van der Waals surface area (Å²) in [7, 11) is 6.35. The highest BCUT2D eigenvalue weighted by atomic mass is 19.1. The molecule has 47 heavy (non-hydrogen) atoms. The third-order valence-electron chi connectivity index (χ3n) is 6.03. The van der Waals surface area contributed by atoms with Gasteiger partial charge in [0.25, 0.3) is 0 Å². The molecule has 12 nitrogen and oxygen atoms in total. The van der Waals surface area contributed by atoms with Crippen molar-refractivity contribution in [2.24, 2.45) is 10.3 Å². The molecule has 0 radical (unpaired) electrons. The third-order valence-corrected chi connectivity index (χ3v) is 6.03. The number of hydrogen-bond acceptors (Lipinski definition) is 12. The van der Waals surface area contributed by atoms with E-state index in [9.17, 15) is 9.50 Å². The van der Waals surface area contributed by atoms with E-state index in [1.807, 2.05) is 73.7 Å². The Morgan fingerprint density at radius 3 is 1.68 bits per heavy atom. The van der Waals surface area contributed by atoms with Crippen LogP contribution in [0.2, 0.25) is 0 Å². The average Bonchev–Trinajstić information content (AvgIpc) is 3.08. The second kappa shape index (κ2) is 22.7. The first-order valence-electron chi connectivity index (χ1n) is 14.6. The molecule has 0 spiro atoms. The fourth-order valence-corrected chi connectivity index (χ4v) is 3.94. The number of benzene rings is 2. The number of hydroxylamine groups is 2. The summed E-state index contributed by atoms with van der Waals surface area (Å²) in [5, 5.41) is 17.1. The first kappa shape index (κ1) is 38.4. The average molecular weight is 651 g/mol. The van der Waals surface area contributed by atoms with Gasteiger partial charge < -0.3 is 19.5 Å². The molecular weight excluding hydrogens is 607 g/mol. The van der Waals surface area contributed by atoms with Crippen LogP contribution in [-0.2, 0) is 32.6 Å². The fraction of sp³-hybridized carbons (Fsp3) is 0.294. The van der Waals surface area contributed by atoms with Gasteiger partial charge >= 0.3 is 0 Å². The maximum absolute atomic E-state index is 12.1. The van der Waals surface area contributed by atoms with Crippen LogP contribution >= 0.6 is 0 Å². The molecule has 0 unspecified atom stereocenters. The van der Waals surface area contributed by atoms with Gasteiger partial charge in [0.2, 0.25) is 11.8 Å². The first-order chi connectivity index (χ1) is 22.9. The zero-order valence-corrected chi connectivity index (χ0v) is 27.6. The van der Waals surface area contributed by atoms with Crippen LogP contribution in [0.15, 0.2) is 95.2 Å². The first-order valence-corrected chi connectivity index (χ1v) is 14.6. The summed E-state index contributed by atoms with van der Waals surface area (Å²) < 4.78 is 17.8. The largest absolute Gasteiger partial charge is 0.473 e. The summed E-state index contributed by atoms with van der Waals surface area (Å²) in [4.78, 5) is 27.8. The van der Waals surface area contributed by atoms with Gasteiger partial charge in [0, 0.05) is 42.7 Å². The lowest BCUT2D eigenvalue weighted by Crippen LogP contribution is -2.19. The molecule has 0 amide bonds. The summed E-state index contributed by atoms with van der Waals surface area (Å²) in [5.74, 6) is 0.182. The van der Waals surface area contributed by atoms with Crippen LogP contribution in [0.5, 0.6) is 5.88 Å². The molecule has 2 aromatic carbocycles. The number of rotatable bonds is 14. The van der Waals surface area contributed by atoms with E-state index in [2.05, 4.69) is 31.2 Å². The van der Waals surface area contributed by atoms with E-state index in [1.165, 1.54) is 20.3 Å². The second-order valence-corrected chi connectivity index (χ2v) is 9.41. The van der Waals surface area contributed by atoms with Gasteiger partial charge in [0.15, 0.2) is 0 Å². The molecular formula is C34H43FN6O6. The van der Waals surface area contributed by atoms with Crippen LogP contribution in [0.3, 0.4) is 0 Å². The van der Waals surface area contributed by atoms with Crippen molar-refractivity contribution in [3.63, 3.8) is 0 Å². The number of aromatic nitrogens is 2. The summed E-state index contributed by atoms with van der Waals surface area (Å²) in [5.41, 5.74) is 11.6. The fourth-order valence-electron chi connectivity index (χ4n) is 3.94. The number of hydrogen-bond donors (Lipinski definition) is 3. The van der Waals surface area contributed by atoms with Gasteiger partial charge in [-0.15, -0.1) is 0 Å². The third kappa shape index (κ3) is 14.5. The standard InChI is InChI=1S/C17H21N3O3.C11H16N2O3.C6H6FN/c1-13-7-6-10-17(19-13)22-11-14-8-4-5-9-15(14)16(20-21-3)12-23-18-2;1-12-16-8-11(13-15-2)10-6-4-3-5-9(10)7-14;1-5-3-2-4-6(7)8-5/h4-10,18H,11-12H2,1-3H3;3-6,12,14H,7-8H2,1-2H3;2-4H,1H3/b20-16+;13-11+;. The Labute approximate surface area is 275 Å². The minimum Gasteiger partial charge on any atom is -0.473 e. The van der Waals surface area contributed by atoms with Crippen molar-refractivity contribution >= 4 is 11.4 Å². The van der Waals surface area contributed by atoms with E-state index in [4.69, 9.17) is 24.1 Å². The topological polar surface area (TPSA) is 141 Å². The van der Waals surface area contributed by atoms with E-state index >= 15 is 0 Å². The summed E-state index contributed by atoms with van der Waals surface area (Å²) in [6.45, 7) is 4.57. The van der Waals surface area contributed by atoms with Gasteiger partial charge in [-0.3, -0.25) is 9.68 Å². The molecule has 0 atom stereocenters. The van der Waals surface area contributed by atoms with Gasteiger partial charge in [-0.1, -0.05) is 71.0 Å². The summed E-state index contributed by atoms with van der Waals surface area (Å²) in [6.07, 6.45) is 0. The van der Waals surface area contributed by atoms with Crippen LogP contribution < -0.4 is 15.7 Å². The molecule has 0 saturated heterocycles. The van der Waals surface area contributed by atoms with Crippen molar-refractivity contribution in [2.75, 3.05) is 41.5 Å². The van der Waals surface area contributed by atoms with E-state index in [0.717, 1.165) is 27.9 Å². The molecule has 4 aromatic rings. The number of nitrogens with one attached hydrogen (secondary N) is 2. The van der Waals surface area contributed by atoms with Crippen molar-refractivity contribution in [1.82, 2.24) is 20.9 Å². The molecule has 0 bridgehead atoms. The normalized spacial score (nSPS) is 11.1. The molecule has 0 aliphatic heterocycles. The number of pyridine rings is 2. The highest BCUT2D eigenvalue weighted by Gasteiger charge is 2.12. The van der Waals surface area contributed by atoms with Crippen molar-refractivity contribution in [1.29, 1.82) is 0 Å². The molecule has 4 rings (SSSR count). The number of aliphatic hydroxyl groups excluding tert-OH is 1. The maximum Gasteiger partial charge on any atom is 0.213 e. The zero-order valence-electron chi connectivity index (χ0n) is 27.6. The highest BCUT2D eigenvalue weighted by Crippen LogP contribution is 2.15. The van der Waals surface area contributed by atoms with E-state index in [0.29, 0.717) is 29.6 Å². The van der Waals surface area contributed by atoms with Crippen LogP contribution in [0.4, 0.5) is 4.39 Å². The Kier molecular flexibility index (Phi) is 18.5. The predicted octanol–water partition coefficient (Wildman–Crippen LogP) is 4.68. The Bertz CT molecular complexity index is 1520. The van der Waals surface area contributed by atoms with Crippen molar-refractivity contribution < 1.29 is 33.6 Å². The van der Waals surface area contributed by atoms with Crippen molar-refractivity contribution in [3.8, 4) is 5.88 Å². The lowest BCUT2D eigenvalue weighted by Gasteiger charge is -2.12.